The van der Waals surface area contributed by atoms with E-state index in [4.69, 9.17) is 11.6 Å². The molecule has 1 saturated heterocycles. The predicted molar refractivity (Wildman–Crippen MR) is 115 cm³/mol. The standard InChI is InChI=1S/C21H23ClN6O/c1-14-17(22)5-2-6-18(14)25-21(29)24-16-4-3-11-28(13-16)20-12-19(26-27-20)15-7-9-23-10-8-15/h2,5-10,12,16H,3-4,11,13H2,1H3,(H,26,27)(H2,24,25,29). The Hall–Kier alpha value is -3.06. The number of aromatic nitrogens is 3. The van der Waals surface area contributed by atoms with Crippen LogP contribution in [-0.2, 0) is 0 Å². The number of rotatable bonds is 4. The lowest BCUT2D eigenvalue weighted by Gasteiger charge is -2.33. The molecule has 29 heavy (non-hydrogen) atoms. The van der Waals surface area contributed by atoms with Crippen LogP contribution in [0.2, 0.25) is 5.02 Å². The highest BCUT2D eigenvalue weighted by molar-refractivity contribution is 6.31. The van der Waals surface area contributed by atoms with Gasteiger partial charge in [-0.05, 0) is 49.6 Å². The number of aromatic amines is 1. The topological polar surface area (TPSA) is 85.9 Å². The summed E-state index contributed by atoms with van der Waals surface area (Å²) in [5, 5.41) is 14.1. The number of benzene rings is 1. The Morgan fingerprint density at radius 3 is 2.93 bits per heavy atom. The molecule has 2 amide bonds. The van der Waals surface area contributed by atoms with E-state index in [1.165, 1.54) is 0 Å². The van der Waals surface area contributed by atoms with Crippen LogP contribution < -0.4 is 15.5 Å². The molecule has 4 rings (SSSR count). The highest BCUT2D eigenvalue weighted by atomic mass is 35.5. The lowest BCUT2D eigenvalue weighted by atomic mass is 10.1. The van der Waals surface area contributed by atoms with E-state index in [-0.39, 0.29) is 12.1 Å². The van der Waals surface area contributed by atoms with Crippen molar-refractivity contribution in [2.24, 2.45) is 0 Å². The molecule has 1 unspecified atom stereocenters. The largest absolute Gasteiger partial charge is 0.353 e. The zero-order chi connectivity index (χ0) is 20.2. The van der Waals surface area contributed by atoms with Crippen LogP contribution in [0.4, 0.5) is 16.3 Å². The van der Waals surface area contributed by atoms with E-state index < -0.39 is 0 Å². The lowest BCUT2D eigenvalue weighted by Crippen LogP contribution is -2.49. The molecule has 0 spiro atoms. The summed E-state index contributed by atoms with van der Waals surface area (Å²) < 4.78 is 0. The van der Waals surface area contributed by atoms with E-state index >= 15 is 0 Å². The van der Waals surface area contributed by atoms with E-state index in [2.05, 4.69) is 30.7 Å². The Labute approximate surface area is 174 Å². The summed E-state index contributed by atoms with van der Waals surface area (Å²) in [6.45, 7) is 3.51. The van der Waals surface area contributed by atoms with Crippen molar-refractivity contribution in [2.45, 2.75) is 25.8 Å². The first-order chi connectivity index (χ1) is 14.1. The van der Waals surface area contributed by atoms with Gasteiger partial charge >= 0.3 is 6.03 Å². The zero-order valence-electron chi connectivity index (χ0n) is 16.2. The lowest BCUT2D eigenvalue weighted by molar-refractivity contribution is 0.246. The SMILES string of the molecule is Cc1c(Cl)cccc1NC(=O)NC1CCCN(c2cc(-c3ccncc3)[nH]n2)C1. The fourth-order valence-corrected chi connectivity index (χ4v) is 3.72. The van der Waals surface area contributed by atoms with Gasteiger partial charge in [0.15, 0.2) is 5.82 Å². The Bertz CT molecular complexity index is 990. The third-order valence-corrected chi connectivity index (χ3v) is 5.56. The first-order valence-corrected chi connectivity index (χ1v) is 10.0. The number of carbonyl (C=O) groups is 1. The van der Waals surface area contributed by atoms with Crippen LogP contribution >= 0.6 is 11.6 Å². The highest BCUT2D eigenvalue weighted by Crippen LogP contribution is 2.25. The highest BCUT2D eigenvalue weighted by Gasteiger charge is 2.23. The summed E-state index contributed by atoms with van der Waals surface area (Å²) in [5.41, 5.74) is 3.57. The van der Waals surface area contributed by atoms with Crippen molar-refractivity contribution in [1.29, 1.82) is 0 Å². The fraction of sp³-hybridized carbons (Fsp3) is 0.286. The maximum atomic E-state index is 12.5. The second-order valence-electron chi connectivity index (χ2n) is 7.17. The van der Waals surface area contributed by atoms with Gasteiger partial charge in [-0.15, -0.1) is 0 Å². The van der Waals surface area contributed by atoms with Crippen molar-refractivity contribution in [3.8, 4) is 11.3 Å². The van der Waals surface area contributed by atoms with Gasteiger partial charge in [0.25, 0.3) is 0 Å². The summed E-state index contributed by atoms with van der Waals surface area (Å²) in [4.78, 5) is 18.7. The number of urea groups is 1. The summed E-state index contributed by atoms with van der Waals surface area (Å²) >= 11 is 6.13. The van der Waals surface area contributed by atoms with Crippen molar-refractivity contribution in [1.82, 2.24) is 20.5 Å². The summed E-state index contributed by atoms with van der Waals surface area (Å²) in [7, 11) is 0. The minimum Gasteiger partial charge on any atom is -0.353 e. The van der Waals surface area contributed by atoms with Crippen molar-refractivity contribution >= 4 is 29.1 Å². The molecule has 0 radical (unpaired) electrons. The molecule has 3 heterocycles. The molecule has 3 N–H and O–H groups in total. The number of hydrogen-bond donors (Lipinski definition) is 3. The maximum absolute atomic E-state index is 12.5. The van der Waals surface area contributed by atoms with Crippen LogP contribution in [0.5, 0.6) is 0 Å². The fourth-order valence-electron chi connectivity index (χ4n) is 3.54. The Kier molecular flexibility index (Phi) is 5.67. The van der Waals surface area contributed by atoms with E-state index in [9.17, 15) is 4.79 Å². The second kappa shape index (κ2) is 8.53. The molecule has 0 bridgehead atoms. The Balaban J connectivity index is 1.38. The number of carbonyl (C=O) groups excluding carboxylic acids is 1. The Morgan fingerprint density at radius 2 is 2.10 bits per heavy atom. The molecule has 1 aromatic carbocycles. The van der Waals surface area contributed by atoms with Gasteiger partial charge < -0.3 is 15.5 Å². The normalized spacial score (nSPS) is 16.5. The number of nitrogens with one attached hydrogen (secondary N) is 3. The number of pyridine rings is 1. The van der Waals surface area contributed by atoms with E-state index in [0.717, 1.165) is 47.7 Å². The number of nitrogens with zero attached hydrogens (tertiary/aromatic N) is 3. The molecule has 1 fully saturated rings. The van der Waals surface area contributed by atoms with Gasteiger partial charge in [-0.3, -0.25) is 10.1 Å². The van der Waals surface area contributed by atoms with E-state index in [1.54, 1.807) is 12.4 Å². The molecule has 0 aliphatic carbocycles. The van der Waals surface area contributed by atoms with E-state index in [1.807, 2.05) is 43.3 Å². The first kappa shape index (κ1) is 19.3. The molecule has 1 aliphatic rings. The number of piperidine rings is 1. The third kappa shape index (κ3) is 4.51. The predicted octanol–water partition coefficient (Wildman–Crippen LogP) is 4.22. The molecule has 7 nitrogen and oxygen atoms in total. The average molecular weight is 411 g/mol. The monoisotopic (exact) mass is 410 g/mol. The van der Waals surface area contributed by atoms with Gasteiger partial charge in [0.05, 0.1) is 5.69 Å². The van der Waals surface area contributed by atoms with Crippen LogP contribution in [-0.4, -0.2) is 40.3 Å². The van der Waals surface area contributed by atoms with Crippen molar-refractivity contribution < 1.29 is 4.79 Å². The smallest absolute Gasteiger partial charge is 0.319 e. The van der Waals surface area contributed by atoms with Crippen molar-refractivity contribution in [2.75, 3.05) is 23.3 Å². The molecule has 3 aromatic rings. The third-order valence-electron chi connectivity index (χ3n) is 5.15. The van der Waals surface area contributed by atoms with Crippen LogP contribution in [0, 0.1) is 6.92 Å². The second-order valence-corrected chi connectivity index (χ2v) is 7.58. The van der Waals surface area contributed by atoms with Crippen LogP contribution in [0.15, 0.2) is 48.8 Å². The summed E-state index contributed by atoms with van der Waals surface area (Å²) in [6.07, 6.45) is 5.44. The number of halogens is 1. The van der Waals surface area contributed by atoms with Crippen molar-refractivity contribution in [3.63, 3.8) is 0 Å². The number of anilines is 2. The molecule has 2 aromatic heterocycles. The molecular formula is C21H23ClN6O. The molecule has 8 heteroatoms. The summed E-state index contributed by atoms with van der Waals surface area (Å²) in [6, 6.07) is 11.2. The molecule has 0 saturated carbocycles. The first-order valence-electron chi connectivity index (χ1n) is 9.63. The zero-order valence-corrected chi connectivity index (χ0v) is 16.9. The minimum absolute atomic E-state index is 0.0457. The molecular weight excluding hydrogens is 388 g/mol. The van der Waals surface area contributed by atoms with Crippen LogP contribution in [0.25, 0.3) is 11.3 Å². The van der Waals surface area contributed by atoms with E-state index in [0.29, 0.717) is 11.6 Å². The van der Waals surface area contributed by atoms with Gasteiger partial charge in [0.2, 0.25) is 0 Å². The van der Waals surface area contributed by atoms with Gasteiger partial charge in [-0.2, -0.15) is 5.10 Å². The van der Waals surface area contributed by atoms with Crippen LogP contribution in [0.1, 0.15) is 18.4 Å². The summed E-state index contributed by atoms with van der Waals surface area (Å²) in [5.74, 6) is 0.884. The van der Waals surface area contributed by atoms with Crippen LogP contribution in [0.3, 0.4) is 0 Å². The minimum atomic E-state index is -0.221. The maximum Gasteiger partial charge on any atom is 0.319 e. The quantitative estimate of drug-likeness (QED) is 0.601. The Morgan fingerprint density at radius 1 is 1.28 bits per heavy atom. The molecule has 150 valence electrons. The van der Waals surface area contributed by atoms with Crippen molar-refractivity contribution in [3.05, 3.63) is 59.4 Å². The van der Waals surface area contributed by atoms with Gasteiger partial charge in [-0.25, -0.2) is 4.79 Å². The van der Waals surface area contributed by atoms with Gasteiger partial charge in [0.1, 0.15) is 0 Å². The van der Waals surface area contributed by atoms with Gasteiger partial charge in [-0.1, -0.05) is 17.7 Å². The number of H-pyrrole nitrogens is 1. The number of amides is 2. The molecule has 1 atom stereocenters. The average Bonchev–Trinajstić information content (AvgIpc) is 3.23. The number of hydrogen-bond acceptors (Lipinski definition) is 4. The molecule has 1 aliphatic heterocycles. The van der Waals surface area contributed by atoms with Gasteiger partial charge in [0, 0.05) is 53.9 Å².